The summed E-state index contributed by atoms with van der Waals surface area (Å²) in [5.41, 5.74) is 1.51. The van der Waals surface area contributed by atoms with Crippen molar-refractivity contribution in [1.82, 2.24) is 10.2 Å². The Hall–Kier alpha value is -3.65. The molecular formula is C28H25BrN2O5. The van der Waals surface area contributed by atoms with Gasteiger partial charge in [-0.1, -0.05) is 71.2 Å². The maximum atomic E-state index is 13.1. The molecule has 0 unspecified atom stereocenters. The van der Waals surface area contributed by atoms with Crippen LogP contribution in [0.15, 0.2) is 64.6 Å². The lowest BCUT2D eigenvalue weighted by Gasteiger charge is -2.31. The zero-order valence-electron chi connectivity index (χ0n) is 19.8. The molecule has 3 aromatic rings. The first-order chi connectivity index (χ1) is 17.5. The molecule has 8 heteroatoms. The van der Waals surface area contributed by atoms with Gasteiger partial charge < -0.3 is 9.47 Å². The number of carbonyl (C=O) groups is 3. The van der Waals surface area contributed by atoms with E-state index in [1.807, 2.05) is 24.3 Å². The summed E-state index contributed by atoms with van der Waals surface area (Å²) in [7, 11) is 1.53. The molecule has 1 saturated carbocycles. The van der Waals surface area contributed by atoms with Crippen LogP contribution in [0.5, 0.6) is 11.5 Å². The molecule has 0 bridgehead atoms. The van der Waals surface area contributed by atoms with Gasteiger partial charge in [-0.3, -0.25) is 19.8 Å². The van der Waals surface area contributed by atoms with Crippen LogP contribution in [-0.4, -0.2) is 35.9 Å². The molecule has 7 nitrogen and oxygen atoms in total. The van der Waals surface area contributed by atoms with Crippen molar-refractivity contribution < 1.29 is 23.9 Å². The van der Waals surface area contributed by atoms with E-state index in [1.165, 1.54) is 18.1 Å². The Balaban J connectivity index is 1.42. The van der Waals surface area contributed by atoms with Crippen molar-refractivity contribution in [2.45, 2.75) is 38.3 Å². The van der Waals surface area contributed by atoms with Crippen molar-refractivity contribution in [3.05, 3.63) is 75.8 Å². The Labute approximate surface area is 217 Å². The minimum atomic E-state index is -0.707. The van der Waals surface area contributed by atoms with Crippen molar-refractivity contribution in [1.29, 1.82) is 0 Å². The van der Waals surface area contributed by atoms with Gasteiger partial charge in [0.05, 0.1) is 7.11 Å². The Morgan fingerprint density at radius 2 is 1.78 bits per heavy atom. The van der Waals surface area contributed by atoms with Crippen LogP contribution in [0, 0.1) is 0 Å². The summed E-state index contributed by atoms with van der Waals surface area (Å²) in [5, 5.41) is 4.55. The van der Waals surface area contributed by atoms with Gasteiger partial charge >= 0.3 is 6.03 Å². The third kappa shape index (κ3) is 4.60. The van der Waals surface area contributed by atoms with E-state index in [1.54, 1.807) is 12.1 Å². The summed E-state index contributed by atoms with van der Waals surface area (Å²) in [6.45, 7) is 0.337. The van der Waals surface area contributed by atoms with E-state index >= 15 is 0 Å². The third-order valence-corrected chi connectivity index (χ3v) is 7.36. The SMILES string of the molecule is COc1cc(/C=C2\C(=O)NC(=O)N(C3CCCC3)C2=O)c(Br)cc1OCc1cccc2ccccc12. The Bertz CT molecular complexity index is 1390. The van der Waals surface area contributed by atoms with Gasteiger partial charge in [-0.15, -0.1) is 0 Å². The van der Waals surface area contributed by atoms with Crippen LogP contribution in [0.2, 0.25) is 0 Å². The largest absolute Gasteiger partial charge is 0.493 e. The fourth-order valence-corrected chi connectivity index (χ4v) is 5.27. The molecular weight excluding hydrogens is 524 g/mol. The number of fused-ring (bicyclic) bond motifs is 1. The monoisotopic (exact) mass is 548 g/mol. The molecule has 1 aliphatic carbocycles. The quantitative estimate of drug-likeness (QED) is 0.320. The number of urea groups is 1. The van der Waals surface area contributed by atoms with E-state index in [0.29, 0.717) is 28.1 Å². The summed E-state index contributed by atoms with van der Waals surface area (Å²) < 4.78 is 12.3. The highest BCUT2D eigenvalue weighted by molar-refractivity contribution is 9.10. The van der Waals surface area contributed by atoms with Crippen LogP contribution in [0.4, 0.5) is 4.79 Å². The second-order valence-electron chi connectivity index (χ2n) is 8.88. The second-order valence-corrected chi connectivity index (χ2v) is 9.74. The maximum Gasteiger partial charge on any atom is 0.331 e. The molecule has 4 amide bonds. The summed E-state index contributed by atoms with van der Waals surface area (Å²) in [6.07, 6.45) is 4.89. The Morgan fingerprint density at radius 1 is 1.03 bits per heavy atom. The maximum absolute atomic E-state index is 13.1. The number of carbonyl (C=O) groups excluding carboxylic acids is 3. The molecule has 1 heterocycles. The van der Waals surface area contributed by atoms with E-state index in [9.17, 15) is 14.4 Å². The molecule has 1 aliphatic heterocycles. The summed E-state index contributed by atoms with van der Waals surface area (Å²) in [4.78, 5) is 39.3. The van der Waals surface area contributed by atoms with Crippen LogP contribution in [0.25, 0.3) is 16.8 Å². The predicted molar refractivity (Wildman–Crippen MR) is 140 cm³/mol. The van der Waals surface area contributed by atoms with Crippen LogP contribution in [0.1, 0.15) is 36.8 Å². The molecule has 184 valence electrons. The molecule has 0 atom stereocenters. The summed E-state index contributed by atoms with van der Waals surface area (Å²) in [6, 6.07) is 16.8. The molecule has 2 aliphatic rings. The number of benzene rings is 3. The van der Waals surface area contributed by atoms with Crippen LogP contribution >= 0.6 is 15.9 Å². The average molecular weight is 549 g/mol. The molecule has 5 rings (SSSR count). The lowest BCUT2D eigenvalue weighted by Crippen LogP contribution is -2.57. The van der Waals surface area contributed by atoms with E-state index < -0.39 is 17.8 Å². The van der Waals surface area contributed by atoms with Crippen LogP contribution in [0.3, 0.4) is 0 Å². The number of halogens is 1. The Kier molecular flexibility index (Phi) is 6.78. The highest BCUT2D eigenvalue weighted by Gasteiger charge is 2.40. The van der Waals surface area contributed by atoms with E-state index in [-0.39, 0.29) is 11.6 Å². The van der Waals surface area contributed by atoms with Gasteiger partial charge in [-0.25, -0.2) is 4.79 Å². The molecule has 2 fully saturated rings. The summed E-state index contributed by atoms with van der Waals surface area (Å²) in [5.74, 6) is -0.307. The zero-order valence-corrected chi connectivity index (χ0v) is 21.3. The van der Waals surface area contributed by atoms with Crippen LogP contribution < -0.4 is 14.8 Å². The number of nitrogens with zero attached hydrogens (tertiary/aromatic N) is 1. The number of hydrogen-bond acceptors (Lipinski definition) is 5. The van der Waals surface area contributed by atoms with Crippen molar-refractivity contribution >= 4 is 50.6 Å². The molecule has 0 aromatic heterocycles. The normalized spacial score (nSPS) is 17.7. The van der Waals surface area contributed by atoms with Gasteiger partial charge in [0.15, 0.2) is 11.5 Å². The van der Waals surface area contributed by atoms with Gasteiger partial charge in [0.1, 0.15) is 12.2 Å². The standard InChI is InChI=1S/C28H25BrN2O5/c1-35-24-14-19(13-22-26(32)30-28(34)31(27(22)33)20-10-3-4-11-20)23(29)15-25(24)36-16-18-9-6-8-17-7-2-5-12-21(17)18/h2,5-9,12-15,20H,3-4,10-11,16H2,1H3,(H,30,32,34)/b22-13+. The topological polar surface area (TPSA) is 84.9 Å². The number of ether oxygens (including phenoxy) is 2. The smallest absolute Gasteiger partial charge is 0.331 e. The number of hydrogen-bond donors (Lipinski definition) is 1. The molecule has 0 radical (unpaired) electrons. The fourth-order valence-electron chi connectivity index (χ4n) is 4.83. The lowest BCUT2D eigenvalue weighted by atomic mass is 10.0. The van der Waals surface area contributed by atoms with Crippen molar-refractivity contribution in [2.24, 2.45) is 0 Å². The van der Waals surface area contributed by atoms with Crippen LogP contribution in [-0.2, 0) is 16.2 Å². The number of methoxy groups -OCH3 is 1. The highest BCUT2D eigenvalue weighted by Crippen LogP contribution is 2.36. The predicted octanol–water partition coefficient (Wildman–Crippen LogP) is 5.59. The molecule has 1 N–H and O–H groups in total. The van der Waals surface area contributed by atoms with Gasteiger partial charge in [0.2, 0.25) is 0 Å². The van der Waals surface area contributed by atoms with E-state index in [0.717, 1.165) is 42.0 Å². The average Bonchev–Trinajstić information content (AvgIpc) is 3.40. The first kappa shape index (κ1) is 24.1. The number of amides is 4. The minimum Gasteiger partial charge on any atom is -0.493 e. The minimum absolute atomic E-state index is 0.0892. The third-order valence-electron chi connectivity index (χ3n) is 6.67. The number of imide groups is 2. The fraction of sp³-hybridized carbons (Fsp3) is 0.250. The van der Waals surface area contributed by atoms with E-state index in [4.69, 9.17) is 9.47 Å². The first-order valence-electron chi connectivity index (χ1n) is 11.8. The number of rotatable bonds is 6. The van der Waals surface area contributed by atoms with Gasteiger partial charge in [0, 0.05) is 10.5 Å². The van der Waals surface area contributed by atoms with Crippen molar-refractivity contribution in [3.63, 3.8) is 0 Å². The van der Waals surface area contributed by atoms with Crippen molar-refractivity contribution in [2.75, 3.05) is 7.11 Å². The Morgan fingerprint density at radius 3 is 2.56 bits per heavy atom. The highest BCUT2D eigenvalue weighted by atomic mass is 79.9. The number of nitrogens with one attached hydrogen (secondary N) is 1. The summed E-state index contributed by atoms with van der Waals surface area (Å²) >= 11 is 3.53. The number of barbiturate groups is 1. The van der Waals surface area contributed by atoms with Crippen molar-refractivity contribution in [3.8, 4) is 11.5 Å². The molecule has 36 heavy (non-hydrogen) atoms. The molecule has 1 saturated heterocycles. The zero-order chi connectivity index (χ0) is 25.2. The van der Waals surface area contributed by atoms with Gasteiger partial charge in [0.25, 0.3) is 11.8 Å². The van der Waals surface area contributed by atoms with Gasteiger partial charge in [-0.2, -0.15) is 0 Å². The first-order valence-corrected chi connectivity index (χ1v) is 12.6. The van der Waals surface area contributed by atoms with Gasteiger partial charge in [-0.05, 0) is 52.9 Å². The second kappa shape index (κ2) is 10.1. The molecule has 3 aromatic carbocycles. The molecule has 0 spiro atoms. The lowest BCUT2D eigenvalue weighted by molar-refractivity contribution is -0.131. The van der Waals surface area contributed by atoms with E-state index in [2.05, 4.69) is 39.4 Å².